The van der Waals surface area contributed by atoms with Crippen LogP contribution in [0.1, 0.15) is 26.2 Å². The van der Waals surface area contributed by atoms with Crippen LogP contribution in [-0.2, 0) is 14.3 Å². The van der Waals surface area contributed by atoms with E-state index in [1.165, 1.54) is 0 Å². The van der Waals surface area contributed by atoms with Crippen molar-refractivity contribution in [1.82, 2.24) is 10.2 Å². The summed E-state index contributed by atoms with van der Waals surface area (Å²) in [6, 6.07) is -0.529. The molecule has 2 aliphatic rings. The number of carbonyl (C=O) groups is 2. The molecule has 1 aliphatic carbocycles. The molecule has 18 heavy (non-hydrogen) atoms. The number of ether oxygens (including phenoxy) is 1. The van der Waals surface area contributed by atoms with Gasteiger partial charge in [-0.15, -0.1) is 0 Å². The molecule has 1 unspecified atom stereocenters. The highest BCUT2D eigenvalue weighted by atomic mass is 16.5. The molecular weight excluding hydrogens is 234 g/mol. The molecule has 6 heteroatoms. The van der Waals surface area contributed by atoms with Gasteiger partial charge in [-0.05, 0) is 19.3 Å². The quantitative estimate of drug-likeness (QED) is 0.691. The van der Waals surface area contributed by atoms with Crippen LogP contribution >= 0.6 is 0 Å². The van der Waals surface area contributed by atoms with Crippen molar-refractivity contribution in [2.75, 3.05) is 26.3 Å². The van der Waals surface area contributed by atoms with Crippen molar-refractivity contribution in [3.05, 3.63) is 0 Å². The highest BCUT2D eigenvalue weighted by Crippen LogP contribution is 2.35. The zero-order valence-electron chi connectivity index (χ0n) is 10.8. The third-order valence-corrected chi connectivity index (χ3v) is 3.46. The first-order valence-corrected chi connectivity index (χ1v) is 6.54. The van der Waals surface area contributed by atoms with Crippen molar-refractivity contribution in [2.45, 2.75) is 37.8 Å². The van der Waals surface area contributed by atoms with E-state index in [4.69, 9.17) is 10.5 Å². The van der Waals surface area contributed by atoms with Gasteiger partial charge in [-0.1, -0.05) is 6.92 Å². The van der Waals surface area contributed by atoms with Gasteiger partial charge in [-0.25, -0.2) is 0 Å². The zero-order valence-corrected chi connectivity index (χ0v) is 10.8. The van der Waals surface area contributed by atoms with Gasteiger partial charge in [0.15, 0.2) is 0 Å². The number of morpholine rings is 1. The van der Waals surface area contributed by atoms with Gasteiger partial charge in [0, 0.05) is 13.1 Å². The molecular formula is C12H21N3O3. The summed E-state index contributed by atoms with van der Waals surface area (Å²) in [5, 5.41) is 2.81. The van der Waals surface area contributed by atoms with Gasteiger partial charge in [-0.3, -0.25) is 9.59 Å². The first-order chi connectivity index (χ1) is 8.58. The largest absolute Gasteiger partial charge is 0.377 e. The average molecular weight is 255 g/mol. The van der Waals surface area contributed by atoms with Crippen LogP contribution in [0, 0.1) is 0 Å². The Labute approximate surface area is 107 Å². The molecule has 1 heterocycles. The molecule has 2 fully saturated rings. The van der Waals surface area contributed by atoms with E-state index >= 15 is 0 Å². The lowest BCUT2D eigenvalue weighted by molar-refractivity contribution is -0.150. The van der Waals surface area contributed by atoms with Crippen LogP contribution < -0.4 is 11.1 Å². The topological polar surface area (TPSA) is 84.7 Å². The maximum atomic E-state index is 12.2. The molecule has 2 amide bonds. The van der Waals surface area contributed by atoms with Crippen LogP contribution in [0.25, 0.3) is 0 Å². The van der Waals surface area contributed by atoms with Crippen molar-refractivity contribution in [2.24, 2.45) is 5.73 Å². The summed E-state index contributed by atoms with van der Waals surface area (Å²) in [6.45, 7) is 3.78. The highest BCUT2D eigenvalue weighted by Gasteiger charge is 2.50. The van der Waals surface area contributed by atoms with E-state index in [0.29, 0.717) is 32.5 Å². The minimum Gasteiger partial charge on any atom is -0.377 e. The Morgan fingerprint density at radius 1 is 1.50 bits per heavy atom. The van der Waals surface area contributed by atoms with E-state index in [-0.39, 0.29) is 18.4 Å². The Hall–Kier alpha value is -1.14. The molecule has 6 nitrogen and oxygen atoms in total. The van der Waals surface area contributed by atoms with Crippen molar-refractivity contribution in [3.63, 3.8) is 0 Å². The Kier molecular flexibility index (Phi) is 3.87. The second kappa shape index (κ2) is 5.24. The van der Waals surface area contributed by atoms with Crippen molar-refractivity contribution < 1.29 is 14.3 Å². The Balaban J connectivity index is 2.01. The predicted molar refractivity (Wildman–Crippen MR) is 65.8 cm³/mol. The smallest absolute Gasteiger partial charge is 0.245 e. The van der Waals surface area contributed by atoms with Gasteiger partial charge in [-0.2, -0.15) is 0 Å². The number of hydrogen-bond donors (Lipinski definition) is 2. The molecule has 1 saturated heterocycles. The third-order valence-electron chi connectivity index (χ3n) is 3.46. The number of amides is 2. The van der Waals surface area contributed by atoms with Gasteiger partial charge in [0.2, 0.25) is 11.8 Å². The maximum absolute atomic E-state index is 12.2. The summed E-state index contributed by atoms with van der Waals surface area (Å²) in [5.74, 6) is -0.253. The lowest BCUT2D eigenvalue weighted by Gasteiger charge is -2.36. The predicted octanol–water partition coefficient (Wildman–Crippen LogP) is -0.769. The molecule has 102 valence electrons. The lowest BCUT2D eigenvalue weighted by Crippen LogP contribution is -2.60. The monoisotopic (exact) mass is 255 g/mol. The molecule has 0 aromatic heterocycles. The first-order valence-electron chi connectivity index (χ1n) is 6.54. The summed E-state index contributed by atoms with van der Waals surface area (Å²) in [7, 11) is 0. The van der Waals surface area contributed by atoms with E-state index < -0.39 is 11.6 Å². The summed E-state index contributed by atoms with van der Waals surface area (Å²) in [6.07, 6.45) is 2.30. The normalized spacial score (nSPS) is 25.7. The summed E-state index contributed by atoms with van der Waals surface area (Å²) in [4.78, 5) is 25.8. The number of nitrogens with two attached hydrogens (primary N) is 1. The molecule has 3 N–H and O–H groups in total. The SMILES string of the molecule is CCCNC(=O)C1COCCN1C(=O)C1(N)CC1. The minimum absolute atomic E-state index is 0.109. The highest BCUT2D eigenvalue weighted by molar-refractivity contribution is 5.94. The maximum Gasteiger partial charge on any atom is 0.245 e. The van der Waals surface area contributed by atoms with Crippen molar-refractivity contribution in [1.29, 1.82) is 0 Å². The van der Waals surface area contributed by atoms with Crippen LogP contribution in [0.4, 0.5) is 0 Å². The minimum atomic E-state index is -0.722. The zero-order chi connectivity index (χ0) is 13.2. The number of carbonyl (C=O) groups excluding carboxylic acids is 2. The Morgan fingerprint density at radius 3 is 2.83 bits per heavy atom. The molecule has 1 saturated carbocycles. The van der Waals surface area contributed by atoms with E-state index in [9.17, 15) is 9.59 Å². The van der Waals surface area contributed by atoms with Crippen LogP contribution in [0.5, 0.6) is 0 Å². The first kappa shape index (κ1) is 13.3. The van der Waals surface area contributed by atoms with Gasteiger partial charge in [0.05, 0.1) is 18.8 Å². The lowest BCUT2D eigenvalue weighted by atomic mass is 10.1. The molecule has 0 aromatic carbocycles. The number of nitrogens with one attached hydrogen (secondary N) is 1. The van der Waals surface area contributed by atoms with Crippen molar-refractivity contribution in [3.8, 4) is 0 Å². The van der Waals surface area contributed by atoms with Gasteiger partial charge < -0.3 is 20.7 Å². The van der Waals surface area contributed by atoms with Crippen LogP contribution in [0.15, 0.2) is 0 Å². The van der Waals surface area contributed by atoms with E-state index in [1.54, 1.807) is 4.90 Å². The Bertz CT molecular complexity index is 341. The van der Waals surface area contributed by atoms with E-state index in [1.807, 2.05) is 6.92 Å². The fourth-order valence-corrected chi connectivity index (χ4v) is 2.06. The molecule has 1 atom stereocenters. The molecule has 0 spiro atoms. The molecule has 0 bridgehead atoms. The molecule has 0 aromatic rings. The number of hydrogen-bond acceptors (Lipinski definition) is 4. The summed E-state index contributed by atoms with van der Waals surface area (Å²) < 4.78 is 5.30. The standard InChI is InChI=1S/C12H21N3O3/c1-2-5-14-10(16)9-8-18-7-6-15(9)11(17)12(13)3-4-12/h9H,2-8,13H2,1H3,(H,14,16). The average Bonchev–Trinajstić information content (AvgIpc) is 3.14. The fourth-order valence-electron chi connectivity index (χ4n) is 2.06. The summed E-state index contributed by atoms with van der Waals surface area (Å²) >= 11 is 0. The van der Waals surface area contributed by atoms with Crippen molar-refractivity contribution >= 4 is 11.8 Å². The van der Waals surface area contributed by atoms with Crippen LogP contribution in [0.2, 0.25) is 0 Å². The fraction of sp³-hybridized carbons (Fsp3) is 0.833. The van der Waals surface area contributed by atoms with Gasteiger partial charge in [0.25, 0.3) is 0 Å². The van der Waals surface area contributed by atoms with Gasteiger partial charge in [0.1, 0.15) is 6.04 Å². The molecule has 0 radical (unpaired) electrons. The second-order valence-electron chi connectivity index (χ2n) is 5.04. The van der Waals surface area contributed by atoms with Gasteiger partial charge >= 0.3 is 0 Å². The van der Waals surface area contributed by atoms with Crippen LogP contribution in [0.3, 0.4) is 0 Å². The van der Waals surface area contributed by atoms with E-state index in [2.05, 4.69) is 5.32 Å². The van der Waals surface area contributed by atoms with E-state index in [0.717, 1.165) is 6.42 Å². The third kappa shape index (κ3) is 2.64. The second-order valence-corrected chi connectivity index (χ2v) is 5.04. The molecule has 1 aliphatic heterocycles. The number of rotatable bonds is 4. The van der Waals surface area contributed by atoms with Crippen LogP contribution in [-0.4, -0.2) is 54.6 Å². The Morgan fingerprint density at radius 2 is 2.22 bits per heavy atom. The number of nitrogens with zero attached hydrogens (tertiary/aromatic N) is 1. The molecule has 2 rings (SSSR count). The summed E-state index contributed by atoms with van der Waals surface area (Å²) in [5.41, 5.74) is 5.20.